The number of hydrogen-bond acceptors (Lipinski definition) is 2. The van der Waals surface area contributed by atoms with Crippen LogP contribution in [0, 0.1) is 0 Å². The fourth-order valence-electron chi connectivity index (χ4n) is 3.59. The molecule has 4 heteroatoms. The molecule has 0 amide bonds. The van der Waals surface area contributed by atoms with Gasteiger partial charge in [0.2, 0.25) is 0 Å². The molecule has 0 spiro atoms. The fourth-order valence-corrected chi connectivity index (χ4v) is 5.41. The van der Waals surface area contributed by atoms with Crippen molar-refractivity contribution in [1.82, 2.24) is 4.98 Å². The van der Waals surface area contributed by atoms with Gasteiger partial charge in [-0.25, -0.2) is 0 Å². The molecule has 2 nitrogen and oxygen atoms in total. The second-order valence-corrected chi connectivity index (χ2v) is 8.71. The Morgan fingerprint density at radius 3 is 2.70 bits per heavy atom. The SMILES string of the molecule is c1ccc2[nH]c(-c3ccc4cc(-[n+]5ccc6sccc6c5)sc4c3)cc2c1. The summed E-state index contributed by atoms with van der Waals surface area (Å²) in [4.78, 5) is 3.53. The molecule has 0 unspecified atom stereocenters. The van der Waals surface area contributed by atoms with Crippen molar-refractivity contribution in [2.45, 2.75) is 0 Å². The minimum absolute atomic E-state index is 1.17. The Morgan fingerprint density at radius 1 is 0.778 bits per heavy atom. The summed E-state index contributed by atoms with van der Waals surface area (Å²) in [5.74, 6) is 0. The molecule has 0 aliphatic carbocycles. The molecule has 0 radical (unpaired) electrons. The summed E-state index contributed by atoms with van der Waals surface area (Å²) in [6, 6.07) is 24.0. The van der Waals surface area contributed by atoms with Crippen LogP contribution in [0.4, 0.5) is 0 Å². The number of H-pyrrole nitrogens is 1. The van der Waals surface area contributed by atoms with Gasteiger partial charge in [-0.15, -0.1) is 11.3 Å². The summed E-state index contributed by atoms with van der Waals surface area (Å²) in [7, 11) is 0. The van der Waals surface area contributed by atoms with E-state index in [-0.39, 0.29) is 0 Å². The number of para-hydroxylation sites is 1. The molecule has 0 bridgehead atoms. The lowest BCUT2D eigenvalue weighted by Crippen LogP contribution is -2.27. The average Bonchev–Trinajstić information content (AvgIpc) is 3.42. The Bertz CT molecular complexity index is 1400. The van der Waals surface area contributed by atoms with E-state index in [2.05, 4.69) is 94.1 Å². The summed E-state index contributed by atoms with van der Waals surface area (Å²) < 4.78 is 4.86. The first kappa shape index (κ1) is 15.1. The van der Waals surface area contributed by atoms with Crippen LogP contribution in [-0.4, -0.2) is 4.98 Å². The second-order valence-electron chi connectivity index (χ2n) is 6.70. The molecule has 0 aliphatic rings. The van der Waals surface area contributed by atoms with Gasteiger partial charge >= 0.3 is 0 Å². The van der Waals surface area contributed by atoms with Crippen molar-refractivity contribution in [3.8, 4) is 16.3 Å². The highest BCUT2D eigenvalue weighted by Gasteiger charge is 2.13. The monoisotopic (exact) mass is 383 g/mol. The van der Waals surface area contributed by atoms with Gasteiger partial charge in [-0.3, -0.25) is 0 Å². The molecule has 0 saturated heterocycles. The highest BCUT2D eigenvalue weighted by Crippen LogP contribution is 2.32. The molecule has 6 rings (SSSR count). The first-order valence-electron chi connectivity index (χ1n) is 8.84. The topological polar surface area (TPSA) is 19.7 Å². The van der Waals surface area contributed by atoms with E-state index in [0.29, 0.717) is 0 Å². The van der Waals surface area contributed by atoms with Crippen molar-refractivity contribution in [3.63, 3.8) is 0 Å². The number of thiophene rings is 2. The lowest BCUT2D eigenvalue weighted by Gasteiger charge is -1.97. The van der Waals surface area contributed by atoms with Crippen molar-refractivity contribution >= 4 is 53.7 Å². The number of hydrogen-bond donors (Lipinski definition) is 1. The summed E-state index contributed by atoms with van der Waals surface area (Å²) in [6.07, 6.45) is 4.37. The van der Waals surface area contributed by atoms with Gasteiger partial charge in [0, 0.05) is 38.1 Å². The molecule has 27 heavy (non-hydrogen) atoms. The smallest absolute Gasteiger partial charge is 0.268 e. The molecule has 4 heterocycles. The zero-order chi connectivity index (χ0) is 17.8. The molecule has 2 aromatic carbocycles. The maximum Gasteiger partial charge on any atom is 0.268 e. The third-order valence-electron chi connectivity index (χ3n) is 4.99. The van der Waals surface area contributed by atoms with Crippen LogP contribution in [0.2, 0.25) is 0 Å². The Labute approximate surface area is 164 Å². The second kappa shape index (κ2) is 5.78. The van der Waals surface area contributed by atoms with Gasteiger partial charge in [0.25, 0.3) is 5.00 Å². The van der Waals surface area contributed by atoms with Gasteiger partial charge in [0.1, 0.15) is 0 Å². The number of benzene rings is 2. The number of aromatic amines is 1. The van der Waals surface area contributed by atoms with Crippen LogP contribution in [-0.2, 0) is 0 Å². The van der Waals surface area contributed by atoms with Gasteiger partial charge < -0.3 is 4.98 Å². The lowest BCUT2D eigenvalue weighted by molar-refractivity contribution is -0.589. The molecule has 0 fully saturated rings. The van der Waals surface area contributed by atoms with Gasteiger partial charge in [0.15, 0.2) is 12.4 Å². The molecule has 0 atom stereocenters. The van der Waals surface area contributed by atoms with E-state index < -0.39 is 0 Å². The van der Waals surface area contributed by atoms with Crippen molar-refractivity contribution in [2.24, 2.45) is 0 Å². The molecule has 1 N–H and O–H groups in total. The van der Waals surface area contributed by atoms with Gasteiger partial charge in [0.05, 0.1) is 5.39 Å². The summed E-state index contributed by atoms with van der Waals surface area (Å²) in [5, 5.41) is 7.21. The largest absolute Gasteiger partial charge is 0.355 e. The van der Waals surface area contributed by atoms with Crippen LogP contribution in [0.15, 0.2) is 84.5 Å². The number of rotatable bonds is 2. The standard InChI is InChI=1S/C23H15N2S2/c1-2-4-19-15(3-1)11-20(24-19)16-5-6-17-13-23(27-22(17)12-16)25-9-7-21-18(14-25)8-10-26-21/h1-14,24H/q+1. The Hall–Kier alpha value is -2.95. The number of aromatic nitrogens is 2. The Balaban J connectivity index is 1.46. The number of nitrogens with zero attached hydrogens (tertiary/aromatic N) is 1. The fraction of sp³-hybridized carbons (Fsp3) is 0. The molecule has 0 aliphatic heterocycles. The van der Waals surface area contributed by atoms with E-state index in [1.165, 1.54) is 47.3 Å². The van der Waals surface area contributed by atoms with E-state index in [1.54, 1.807) is 11.3 Å². The molecular formula is C23H15N2S2+. The van der Waals surface area contributed by atoms with Gasteiger partial charge in [-0.05, 0) is 40.6 Å². The first-order chi connectivity index (χ1) is 13.3. The zero-order valence-electron chi connectivity index (χ0n) is 14.3. The van der Waals surface area contributed by atoms with E-state index in [0.717, 1.165) is 0 Å². The normalized spacial score (nSPS) is 11.7. The minimum Gasteiger partial charge on any atom is -0.355 e. The predicted octanol–water partition coefficient (Wildman–Crippen LogP) is 6.54. The van der Waals surface area contributed by atoms with E-state index >= 15 is 0 Å². The number of pyridine rings is 1. The van der Waals surface area contributed by atoms with Crippen LogP contribution >= 0.6 is 22.7 Å². The number of fused-ring (bicyclic) bond motifs is 3. The third-order valence-corrected chi connectivity index (χ3v) is 7.00. The third kappa shape index (κ3) is 2.49. The highest BCUT2D eigenvalue weighted by molar-refractivity contribution is 7.21. The zero-order valence-corrected chi connectivity index (χ0v) is 16.0. The van der Waals surface area contributed by atoms with E-state index in [4.69, 9.17) is 0 Å². The van der Waals surface area contributed by atoms with Crippen molar-refractivity contribution in [3.05, 3.63) is 84.5 Å². The van der Waals surface area contributed by atoms with Crippen LogP contribution in [0.1, 0.15) is 0 Å². The van der Waals surface area contributed by atoms with Crippen molar-refractivity contribution < 1.29 is 4.57 Å². The summed E-state index contributed by atoms with van der Waals surface area (Å²) in [5.41, 5.74) is 3.57. The van der Waals surface area contributed by atoms with Crippen LogP contribution in [0.5, 0.6) is 0 Å². The maximum atomic E-state index is 3.53. The van der Waals surface area contributed by atoms with Gasteiger partial charge in [-0.1, -0.05) is 41.7 Å². The molecule has 6 aromatic rings. The number of nitrogens with one attached hydrogen (secondary N) is 1. The first-order valence-corrected chi connectivity index (χ1v) is 10.5. The predicted molar refractivity (Wildman–Crippen MR) is 116 cm³/mol. The van der Waals surface area contributed by atoms with Crippen LogP contribution < -0.4 is 4.57 Å². The van der Waals surface area contributed by atoms with Crippen LogP contribution in [0.25, 0.3) is 47.3 Å². The van der Waals surface area contributed by atoms with Crippen molar-refractivity contribution in [2.75, 3.05) is 0 Å². The lowest BCUT2D eigenvalue weighted by atomic mass is 10.1. The van der Waals surface area contributed by atoms with Crippen molar-refractivity contribution in [1.29, 1.82) is 0 Å². The van der Waals surface area contributed by atoms with E-state index in [9.17, 15) is 0 Å². The average molecular weight is 384 g/mol. The molecule has 128 valence electrons. The highest BCUT2D eigenvalue weighted by atomic mass is 32.1. The summed E-state index contributed by atoms with van der Waals surface area (Å²) in [6.45, 7) is 0. The van der Waals surface area contributed by atoms with E-state index in [1.807, 2.05) is 11.3 Å². The Kier molecular flexibility index (Phi) is 3.24. The Morgan fingerprint density at radius 2 is 1.74 bits per heavy atom. The molecule has 4 aromatic heterocycles. The van der Waals surface area contributed by atoms with Gasteiger partial charge in [-0.2, -0.15) is 4.57 Å². The molecular weight excluding hydrogens is 368 g/mol. The molecule has 0 saturated carbocycles. The minimum atomic E-state index is 1.17. The maximum absolute atomic E-state index is 3.53. The summed E-state index contributed by atoms with van der Waals surface area (Å²) >= 11 is 3.61. The van der Waals surface area contributed by atoms with Crippen LogP contribution in [0.3, 0.4) is 0 Å². The quantitative estimate of drug-likeness (QED) is 0.328.